The number of hydrogen-bond acceptors (Lipinski definition) is 4. The van der Waals surface area contributed by atoms with Crippen LogP contribution in [0.2, 0.25) is 0 Å². The van der Waals surface area contributed by atoms with Gasteiger partial charge in [-0.15, -0.1) is 0 Å². The third kappa shape index (κ3) is 2.37. The van der Waals surface area contributed by atoms with E-state index in [1.54, 1.807) is 6.07 Å². The first-order valence-corrected chi connectivity index (χ1v) is 5.60. The van der Waals surface area contributed by atoms with Crippen molar-refractivity contribution in [1.82, 2.24) is 9.97 Å². The molecule has 0 bridgehead atoms. The second-order valence-electron chi connectivity index (χ2n) is 4.09. The first-order chi connectivity index (χ1) is 8.61. The number of hydrogen-bond donors (Lipinski definition) is 0. The van der Waals surface area contributed by atoms with Gasteiger partial charge in [-0.2, -0.15) is 0 Å². The Morgan fingerprint density at radius 1 is 1.17 bits per heavy atom. The lowest BCUT2D eigenvalue weighted by molar-refractivity contribution is 0.103. The normalized spacial score (nSPS) is 10.2. The van der Waals surface area contributed by atoms with Crippen molar-refractivity contribution < 1.29 is 9.53 Å². The molecule has 0 fully saturated rings. The molecule has 1 aromatic carbocycles. The van der Waals surface area contributed by atoms with Crippen molar-refractivity contribution >= 4 is 5.78 Å². The number of aromatic nitrogens is 2. The Kier molecular flexibility index (Phi) is 3.37. The van der Waals surface area contributed by atoms with Gasteiger partial charge in [0.15, 0.2) is 0 Å². The largest absolute Gasteiger partial charge is 0.481 e. The number of nitrogens with zero attached hydrogens (tertiary/aromatic N) is 2. The van der Waals surface area contributed by atoms with Gasteiger partial charge in [0.25, 0.3) is 0 Å². The number of aryl methyl sites for hydroxylation is 2. The van der Waals surface area contributed by atoms with E-state index in [1.807, 2.05) is 32.0 Å². The summed E-state index contributed by atoms with van der Waals surface area (Å²) < 4.78 is 4.99. The molecule has 0 unspecified atom stereocenters. The number of rotatable bonds is 3. The van der Waals surface area contributed by atoms with Crippen molar-refractivity contribution in [2.75, 3.05) is 7.11 Å². The van der Waals surface area contributed by atoms with Gasteiger partial charge in [-0.05, 0) is 25.5 Å². The summed E-state index contributed by atoms with van der Waals surface area (Å²) in [7, 11) is 1.51. The van der Waals surface area contributed by atoms with Gasteiger partial charge < -0.3 is 4.74 Å². The Balaban J connectivity index is 2.44. The number of methoxy groups -OCH3 is 1. The highest BCUT2D eigenvalue weighted by Crippen LogP contribution is 2.16. The van der Waals surface area contributed by atoms with Crippen LogP contribution >= 0.6 is 0 Å². The SMILES string of the molecule is COc1cc(C(=O)c2cc(C)ccc2C)ncn1. The van der Waals surface area contributed by atoms with Gasteiger partial charge in [0.05, 0.1) is 7.11 Å². The second-order valence-corrected chi connectivity index (χ2v) is 4.09. The maximum atomic E-state index is 12.3. The van der Waals surface area contributed by atoms with E-state index in [2.05, 4.69) is 9.97 Å². The van der Waals surface area contributed by atoms with Gasteiger partial charge in [-0.1, -0.05) is 17.7 Å². The maximum Gasteiger partial charge on any atom is 0.216 e. The van der Waals surface area contributed by atoms with Crippen molar-refractivity contribution in [2.24, 2.45) is 0 Å². The van der Waals surface area contributed by atoms with Crippen LogP contribution in [0.5, 0.6) is 5.88 Å². The Hall–Kier alpha value is -2.23. The zero-order valence-electron chi connectivity index (χ0n) is 10.6. The molecule has 1 aromatic heterocycles. The van der Waals surface area contributed by atoms with Crippen molar-refractivity contribution in [2.45, 2.75) is 13.8 Å². The summed E-state index contributed by atoms with van der Waals surface area (Å²) in [6, 6.07) is 7.32. The molecule has 1 heterocycles. The molecule has 0 aliphatic carbocycles. The minimum Gasteiger partial charge on any atom is -0.481 e. The van der Waals surface area contributed by atoms with Gasteiger partial charge in [0, 0.05) is 11.6 Å². The number of ether oxygens (including phenoxy) is 1. The number of benzene rings is 1. The van der Waals surface area contributed by atoms with Gasteiger partial charge in [0.2, 0.25) is 11.7 Å². The standard InChI is InChI=1S/C14H14N2O2/c1-9-4-5-10(2)11(6-9)14(17)12-7-13(18-3)16-8-15-12/h4-8H,1-3H3. The molecule has 0 N–H and O–H groups in total. The molecular weight excluding hydrogens is 228 g/mol. The molecule has 0 saturated heterocycles. The third-order valence-corrected chi connectivity index (χ3v) is 2.72. The van der Waals surface area contributed by atoms with E-state index >= 15 is 0 Å². The average Bonchev–Trinajstić information content (AvgIpc) is 2.41. The first-order valence-electron chi connectivity index (χ1n) is 5.60. The van der Waals surface area contributed by atoms with E-state index in [0.29, 0.717) is 17.1 Å². The van der Waals surface area contributed by atoms with Crippen molar-refractivity contribution in [3.05, 3.63) is 53.0 Å². The Morgan fingerprint density at radius 3 is 2.67 bits per heavy atom. The van der Waals surface area contributed by atoms with E-state index in [9.17, 15) is 4.79 Å². The van der Waals surface area contributed by atoms with Crippen LogP contribution in [0.1, 0.15) is 27.2 Å². The second kappa shape index (κ2) is 4.96. The Morgan fingerprint density at radius 2 is 1.94 bits per heavy atom. The van der Waals surface area contributed by atoms with Crippen LogP contribution in [-0.4, -0.2) is 22.9 Å². The monoisotopic (exact) mass is 242 g/mol. The maximum absolute atomic E-state index is 12.3. The van der Waals surface area contributed by atoms with Gasteiger partial charge in [-0.3, -0.25) is 4.79 Å². The molecule has 0 aliphatic rings. The average molecular weight is 242 g/mol. The fraction of sp³-hybridized carbons (Fsp3) is 0.214. The molecular formula is C14H14N2O2. The zero-order valence-corrected chi connectivity index (χ0v) is 10.6. The lowest BCUT2D eigenvalue weighted by atomic mass is 10.0. The first kappa shape index (κ1) is 12.2. The minimum atomic E-state index is -0.114. The molecule has 92 valence electrons. The molecule has 18 heavy (non-hydrogen) atoms. The highest BCUT2D eigenvalue weighted by Gasteiger charge is 2.14. The number of ketones is 1. The summed E-state index contributed by atoms with van der Waals surface area (Å²) in [6.45, 7) is 3.86. The van der Waals surface area contributed by atoms with Crippen LogP contribution in [0.3, 0.4) is 0 Å². The van der Waals surface area contributed by atoms with Crippen molar-refractivity contribution in [1.29, 1.82) is 0 Å². The molecule has 0 amide bonds. The van der Waals surface area contributed by atoms with Crippen molar-refractivity contribution in [3.8, 4) is 5.88 Å². The van der Waals surface area contributed by atoms with Crippen LogP contribution in [0.4, 0.5) is 0 Å². The number of carbonyl (C=O) groups is 1. The molecule has 4 heteroatoms. The van der Waals surface area contributed by atoms with E-state index in [-0.39, 0.29) is 5.78 Å². The summed E-state index contributed by atoms with van der Waals surface area (Å²) in [5.41, 5.74) is 2.99. The molecule has 0 saturated carbocycles. The molecule has 0 radical (unpaired) electrons. The summed E-state index contributed by atoms with van der Waals surface area (Å²) in [5, 5.41) is 0. The highest BCUT2D eigenvalue weighted by molar-refractivity contribution is 6.08. The van der Waals surface area contributed by atoms with E-state index in [4.69, 9.17) is 4.74 Å². The summed E-state index contributed by atoms with van der Waals surface area (Å²) in [6.07, 6.45) is 1.33. The molecule has 0 aliphatic heterocycles. The van der Waals surface area contributed by atoms with Crippen molar-refractivity contribution in [3.63, 3.8) is 0 Å². The summed E-state index contributed by atoms with van der Waals surface area (Å²) in [4.78, 5) is 20.2. The lowest BCUT2D eigenvalue weighted by Gasteiger charge is -2.06. The number of carbonyl (C=O) groups excluding carboxylic acids is 1. The van der Waals surface area contributed by atoms with E-state index in [1.165, 1.54) is 13.4 Å². The van der Waals surface area contributed by atoms with Gasteiger partial charge in [-0.25, -0.2) is 9.97 Å². The topological polar surface area (TPSA) is 52.1 Å². The third-order valence-electron chi connectivity index (χ3n) is 2.72. The van der Waals surface area contributed by atoms with Gasteiger partial charge >= 0.3 is 0 Å². The van der Waals surface area contributed by atoms with Crippen LogP contribution in [0.15, 0.2) is 30.6 Å². The zero-order chi connectivity index (χ0) is 13.1. The molecule has 2 rings (SSSR count). The fourth-order valence-corrected chi connectivity index (χ4v) is 1.69. The quantitative estimate of drug-likeness (QED) is 0.775. The van der Waals surface area contributed by atoms with Crippen LogP contribution in [-0.2, 0) is 0 Å². The molecule has 0 spiro atoms. The minimum absolute atomic E-state index is 0.114. The van der Waals surface area contributed by atoms with Crippen LogP contribution < -0.4 is 4.74 Å². The molecule has 0 atom stereocenters. The molecule has 4 nitrogen and oxygen atoms in total. The lowest BCUT2D eigenvalue weighted by Crippen LogP contribution is -2.07. The highest BCUT2D eigenvalue weighted by atomic mass is 16.5. The summed E-state index contributed by atoms with van der Waals surface area (Å²) >= 11 is 0. The van der Waals surface area contributed by atoms with Crippen LogP contribution in [0, 0.1) is 13.8 Å². The Bertz CT molecular complexity index is 594. The Labute approximate surface area is 106 Å². The van der Waals surface area contributed by atoms with E-state index < -0.39 is 0 Å². The van der Waals surface area contributed by atoms with Gasteiger partial charge in [0.1, 0.15) is 12.0 Å². The predicted molar refractivity (Wildman–Crippen MR) is 67.9 cm³/mol. The predicted octanol–water partition coefficient (Wildman–Crippen LogP) is 2.33. The van der Waals surface area contributed by atoms with Crippen LogP contribution in [0.25, 0.3) is 0 Å². The fourth-order valence-electron chi connectivity index (χ4n) is 1.69. The van der Waals surface area contributed by atoms with E-state index in [0.717, 1.165) is 11.1 Å². The summed E-state index contributed by atoms with van der Waals surface area (Å²) in [5.74, 6) is 0.274. The smallest absolute Gasteiger partial charge is 0.216 e. The molecule has 2 aromatic rings.